The van der Waals surface area contributed by atoms with Crippen LogP contribution < -0.4 is 5.32 Å². The summed E-state index contributed by atoms with van der Waals surface area (Å²) < 4.78 is 14.9. The number of aromatic nitrogens is 1. The van der Waals surface area contributed by atoms with Gasteiger partial charge in [0.2, 0.25) is 0 Å². The van der Waals surface area contributed by atoms with E-state index in [1.807, 2.05) is 24.3 Å². The van der Waals surface area contributed by atoms with Crippen LogP contribution in [0.1, 0.15) is 9.67 Å². The Balaban J connectivity index is 1.69. The molecule has 2 heterocycles. The van der Waals surface area contributed by atoms with Gasteiger partial charge in [-0.3, -0.25) is 10.1 Å². The molecule has 0 saturated heterocycles. The number of benzene rings is 2. The summed E-state index contributed by atoms with van der Waals surface area (Å²) in [5.74, 6) is -0.637. The van der Waals surface area contributed by atoms with Crippen molar-refractivity contribution in [3.8, 4) is 0 Å². The summed E-state index contributed by atoms with van der Waals surface area (Å²) in [6.07, 6.45) is 0. The largest absolute Gasteiger partial charge is 0.297 e. The zero-order valence-electron chi connectivity index (χ0n) is 11.5. The van der Waals surface area contributed by atoms with Crippen molar-refractivity contribution < 1.29 is 9.18 Å². The van der Waals surface area contributed by atoms with Gasteiger partial charge in [-0.15, -0.1) is 11.3 Å². The third kappa shape index (κ3) is 2.59. The van der Waals surface area contributed by atoms with E-state index < -0.39 is 0 Å². The van der Waals surface area contributed by atoms with Crippen LogP contribution in [0.4, 0.5) is 9.52 Å². The predicted molar refractivity (Wildman–Crippen MR) is 94.4 cm³/mol. The molecule has 114 valence electrons. The van der Waals surface area contributed by atoms with Gasteiger partial charge in [-0.25, -0.2) is 9.37 Å². The van der Waals surface area contributed by atoms with Crippen molar-refractivity contribution >= 4 is 65.6 Å². The van der Waals surface area contributed by atoms with Crippen molar-refractivity contribution in [2.45, 2.75) is 0 Å². The molecule has 0 saturated carbocycles. The smallest absolute Gasteiger partial charge is 0.269 e. The van der Waals surface area contributed by atoms with Crippen molar-refractivity contribution in [3.63, 3.8) is 0 Å². The van der Waals surface area contributed by atoms with E-state index in [4.69, 9.17) is 11.6 Å². The van der Waals surface area contributed by atoms with Crippen molar-refractivity contribution in [2.24, 2.45) is 0 Å². The topological polar surface area (TPSA) is 42.0 Å². The Kier molecular flexibility index (Phi) is 3.52. The van der Waals surface area contributed by atoms with Crippen molar-refractivity contribution in [1.29, 1.82) is 0 Å². The van der Waals surface area contributed by atoms with Gasteiger partial charge in [0.05, 0.1) is 15.2 Å². The van der Waals surface area contributed by atoms with E-state index in [-0.39, 0.29) is 11.7 Å². The highest BCUT2D eigenvalue weighted by molar-refractivity contribution is 7.23. The normalized spacial score (nSPS) is 11.2. The Hall–Kier alpha value is -2.02. The van der Waals surface area contributed by atoms with E-state index >= 15 is 0 Å². The molecule has 1 amide bonds. The van der Waals surface area contributed by atoms with Crippen LogP contribution in [-0.2, 0) is 0 Å². The first-order chi connectivity index (χ1) is 11.1. The number of nitrogens with one attached hydrogen (secondary N) is 1. The molecule has 2 aromatic carbocycles. The number of halogens is 2. The lowest BCUT2D eigenvalue weighted by molar-refractivity contribution is 0.103. The van der Waals surface area contributed by atoms with Gasteiger partial charge < -0.3 is 0 Å². The van der Waals surface area contributed by atoms with E-state index in [1.165, 1.54) is 34.8 Å². The van der Waals surface area contributed by atoms with Gasteiger partial charge in [0, 0.05) is 10.1 Å². The second-order valence-corrected chi connectivity index (χ2v) is 7.29. The number of thiophene rings is 1. The summed E-state index contributed by atoms with van der Waals surface area (Å²) in [5, 5.41) is 4.46. The van der Waals surface area contributed by atoms with E-state index in [0.29, 0.717) is 25.2 Å². The van der Waals surface area contributed by atoms with Crippen LogP contribution in [0.5, 0.6) is 0 Å². The Morgan fingerprint density at radius 1 is 1.13 bits per heavy atom. The molecular weight excluding hydrogens is 355 g/mol. The molecule has 0 radical (unpaired) electrons. The van der Waals surface area contributed by atoms with Crippen molar-refractivity contribution in [2.75, 3.05) is 5.32 Å². The average Bonchev–Trinajstić information content (AvgIpc) is 3.08. The molecule has 4 aromatic rings. The third-order valence-corrected chi connectivity index (χ3v) is 5.92. The number of fused-ring (bicyclic) bond motifs is 2. The minimum absolute atomic E-state index is 0.310. The van der Waals surface area contributed by atoms with Gasteiger partial charge in [0.25, 0.3) is 5.91 Å². The minimum Gasteiger partial charge on any atom is -0.297 e. The number of carbonyl (C=O) groups is 1. The maximum absolute atomic E-state index is 13.2. The molecule has 2 aromatic heterocycles. The van der Waals surface area contributed by atoms with Crippen LogP contribution in [0.25, 0.3) is 20.3 Å². The summed E-state index contributed by atoms with van der Waals surface area (Å²) in [6, 6.07) is 11.9. The first-order valence-corrected chi connectivity index (χ1v) is 8.67. The molecule has 0 atom stereocenters. The highest BCUT2D eigenvalue weighted by atomic mass is 35.5. The molecule has 7 heteroatoms. The van der Waals surface area contributed by atoms with E-state index in [2.05, 4.69) is 10.3 Å². The number of anilines is 1. The molecule has 4 rings (SSSR count). The third-order valence-electron chi connectivity index (χ3n) is 3.31. The molecule has 23 heavy (non-hydrogen) atoms. The van der Waals surface area contributed by atoms with Crippen molar-refractivity contribution in [3.05, 3.63) is 58.2 Å². The highest BCUT2D eigenvalue weighted by Gasteiger charge is 2.18. The van der Waals surface area contributed by atoms with Crippen LogP contribution in [0.2, 0.25) is 5.02 Å². The molecule has 0 spiro atoms. The summed E-state index contributed by atoms with van der Waals surface area (Å²) in [5.41, 5.74) is 0.647. The zero-order valence-corrected chi connectivity index (χ0v) is 13.9. The number of amides is 1. The molecular formula is C16H8ClFN2OS2. The number of hydrogen-bond donors (Lipinski definition) is 1. The average molecular weight is 363 g/mol. The summed E-state index contributed by atoms with van der Waals surface area (Å²) >= 11 is 8.86. The molecule has 0 aliphatic rings. The number of hydrogen-bond acceptors (Lipinski definition) is 4. The van der Waals surface area contributed by atoms with Crippen LogP contribution >= 0.6 is 34.3 Å². The van der Waals surface area contributed by atoms with Gasteiger partial charge in [0.15, 0.2) is 5.13 Å². The molecule has 0 bridgehead atoms. The van der Waals surface area contributed by atoms with Crippen LogP contribution in [0.15, 0.2) is 42.5 Å². The van der Waals surface area contributed by atoms with Crippen LogP contribution in [0.3, 0.4) is 0 Å². The SMILES string of the molecule is O=C(Nc1nc2ccc(F)cc2s1)c1sc2ccccc2c1Cl. The van der Waals surface area contributed by atoms with E-state index in [0.717, 1.165) is 10.1 Å². The lowest BCUT2D eigenvalue weighted by atomic mass is 10.2. The molecule has 1 N–H and O–H groups in total. The lowest BCUT2D eigenvalue weighted by Gasteiger charge is -1.98. The number of nitrogens with zero attached hydrogens (tertiary/aromatic N) is 1. The van der Waals surface area contributed by atoms with Crippen LogP contribution in [0, 0.1) is 5.82 Å². The quantitative estimate of drug-likeness (QED) is 0.507. The molecule has 0 aliphatic heterocycles. The molecule has 0 unspecified atom stereocenters. The predicted octanol–water partition coefficient (Wildman–Crippen LogP) is 5.56. The first-order valence-electron chi connectivity index (χ1n) is 6.66. The number of thiazole rings is 1. The standard InChI is InChI=1S/C16H8ClFN2OS2/c17-13-9-3-1-2-4-11(9)22-14(13)15(21)20-16-19-10-6-5-8(18)7-12(10)23-16/h1-7H,(H,19,20,21). The number of rotatable bonds is 2. The fraction of sp³-hybridized carbons (Fsp3) is 0. The van der Waals surface area contributed by atoms with E-state index in [9.17, 15) is 9.18 Å². The Bertz CT molecular complexity index is 1060. The Morgan fingerprint density at radius 3 is 2.78 bits per heavy atom. The number of carbonyl (C=O) groups excluding carboxylic acids is 1. The van der Waals surface area contributed by atoms with Gasteiger partial charge in [-0.1, -0.05) is 41.1 Å². The maximum atomic E-state index is 13.2. The zero-order chi connectivity index (χ0) is 16.0. The fourth-order valence-electron chi connectivity index (χ4n) is 2.27. The Morgan fingerprint density at radius 2 is 1.96 bits per heavy atom. The minimum atomic E-state index is -0.327. The first kappa shape index (κ1) is 14.6. The van der Waals surface area contributed by atoms with Gasteiger partial charge in [-0.2, -0.15) is 0 Å². The lowest BCUT2D eigenvalue weighted by Crippen LogP contribution is -2.10. The van der Waals surface area contributed by atoms with Crippen molar-refractivity contribution in [1.82, 2.24) is 4.98 Å². The van der Waals surface area contributed by atoms with Gasteiger partial charge in [0.1, 0.15) is 10.7 Å². The summed E-state index contributed by atoms with van der Waals surface area (Å²) in [6.45, 7) is 0. The van der Waals surface area contributed by atoms with Gasteiger partial charge in [-0.05, 0) is 24.3 Å². The maximum Gasteiger partial charge on any atom is 0.269 e. The Labute approximate surface area is 143 Å². The van der Waals surface area contributed by atoms with E-state index in [1.54, 1.807) is 6.07 Å². The van der Waals surface area contributed by atoms with Crippen LogP contribution in [-0.4, -0.2) is 10.9 Å². The fourth-order valence-corrected chi connectivity index (χ4v) is 4.56. The molecule has 3 nitrogen and oxygen atoms in total. The highest BCUT2D eigenvalue weighted by Crippen LogP contribution is 2.36. The molecule has 0 aliphatic carbocycles. The second kappa shape index (κ2) is 5.56. The monoisotopic (exact) mass is 362 g/mol. The summed E-state index contributed by atoms with van der Waals surface area (Å²) in [4.78, 5) is 17.2. The van der Waals surface area contributed by atoms with Gasteiger partial charge >= 0.3 is 0 Å². The second-order valence-electron chi connectivity index (χ2n) is 4.83. The summed E-state index contributed by atoms with van der Waals surface area (Å²) in [7, 11) is 0. The molecule has 0 fully saturated rings.